The van der Waals surface area contributed by atoms with Gasteiger partial charge in [-0.25, -0.2) is 0 Å². The standard InChI is InChI=1S/C25H30FNO2/c26-16-19-17-27(18-19)14-15-29-22-12-10-21(11-13-22)25(20-6-2-1-3-7-20)23-8-4-5-9-24(23)28/h4-5,8-13,19,28H,1-3,6-7,14-18H2. The van der Waals surface area contributed by atoms with Gasteiger partial charge in [-0.1, -0.05) is 42.3 Å². The number of aromatic hydroxyl groups is 1. The molecular weight excluding hydrogens is 365 g/mol. The molecule has 0 atom stereocenters. The summed E-state index contributed by atoms with van der Waals surface area (Å²) in [5.41, 5.74) is 4.65. The summed E-state index contributed by atoms with van der Waals surface area (Å²) in [5, 5.41) is 10.5. The monoisotopic (exact) mass is 395 g/mol. The van der Waals surface area contributed by atoms with Crippen LogP contribution in [0.4, 0.5) is 4.39 Å². The largest absolute Gasteiger partial charge is 0.507 e. The van der Waals surface area contributed by atoms with Crippen molar-refractivity contribution in [2.45, 2.75) is 32.1 Å². The van der Waals surface area contributed by atoms with Crippen LogP contribution in [0.5, 0.6) is 11.5 Å². The SMILES string of the molecule is Oc1ccccc1C(=C1CCCCC1)c1ccc(OCCN2CC(CF)C2)cc1. The van der Waals surface area contributed by atoms with E-state index in [2.05, 4.69) is 17.0 Å². The summed E-state index contributed by atoms with van der Waals surface area (Å²) in [4.78, 5) is 2.22. The molecule has 2 fully saturated rings. The van der Waals surface area contributed by atoms with Gasteiger partial charge < -0.3 is 9.84 Å². The number of likely N-dealkylation sites (tertiary alicyclic amines) is 1. The van der Waals surface area contributed by atoms with Crippen LogP contribution in [0.15, 0.2) is 54.1 Å². The van der Waals surface area contributed by atoms with Gasteiger partial charge in [0.15, 0.2) is 0 Å². The summed E-state index contributed by atoms with van der Waals surface area (Å²) in [7, 11) is 0. The first-order valence-corrected chi connectivity index (χ1v) is 10.8. The number of phenolic OH excluding ortho intramolecular Hbond substituents is 1. The van der Waals surface area contributed by atoms with Gasteiger partial charge in [0.2, 0.25) is 0 Å². The Kier molecular flexibility index (Phi) is 6.50. The van der Waals surface area contributed by atoms with E-state index in [0.29, 0.717) is 12.4 Å². The first-order chi connectivity index (χ1) is 14.2. The van der Waals surface area contributed by atoms with E-state index in [-0.39, 0.29) is 12.6 Å². The fraction of sp³-hybridized carbons (Fsp3) is 0.440. The first-order valence-electron chi connectivity index (χ1n) is 10.8. The molecule has 2 aromatic carbocycles. The minimum absolute atomic E-state index is 0.215. The third-order valence-corrected chi connectivity index (χ3v) is 6.05. The van der Waals surface area contributed by atoms with Crippen LogP contribution in [0.1, 0.15) is 43.2 Å². The van der Waals surface area contributed by atoms with E-state index in [1.807, 2.05) is 30.3 Å². The maximum Gasteiger partial charge on any atom is 0.123 e. The van der Waals surface area contributed by atoms with Crippen molar-refractivity contribution in [3.05, 3.63) is 65.2 Å². The number of halogens is 1. The lowest BCUT2D eigenvalue weighted by atomic mass is 9.85. The molecule has 1 N–H and O–H groups in total. The molecule has 1 saturated carbocycles. The Bertz CT molecular complexity index is 832. The summed E-state index contributed by atoms with van der Waals surface area (Å²) in [6, 6.07) is 15.8. The Morgan fingerprint density at radius 2 is 1.72 bits per heavy atom. The molecule has 0 unspecified atom stereocenters. The van der Waals surface area contributed by atoms with Gasteiger partial charge in [-0.15, -0.1) is 0 Å². The molecule has 0 aromatic heterocycles. The quantitative estimate of drug-likeness (QED) is 0.678. The van der Waals surface area contributed by atoms with E-state index in [1.54, 1.807) is 6.07 Å². The van der Waals surface area contributed by atoms with Gasteiger partial charge in [-0.05, 0) is 55.0 Å². The zero-order valence-corrected chi connectivity index (χ0v) is 16.9. The van der Waals surface area contributed by atoms with E-state index >= 15 is 0 Å². The number of rotatable bonds is 7. The van der Waals surface area contributed by atoms with Crippen molar-refractivity contribution in [3.63, 3.8) is 0 Å². The molecule has 1 heterocycles. The van der Waals surface area contributed by atoms with Crippen LogP contribution in [0.2, 0.25) is 0 Å². The third-order valence-electron chi connectivity index (χ3n) is 6.05. The Balaban J connectivity index is 1.47. The molecular formula is C25H30FNO2. The van der Waals surface area contributed by atoms with Crippen LogP contribution in [0.3, 0.4) is 0 Å². The summed E-state index contributed by atoms with van der Waals surface area (Å²) >= 11 is 0. The summed E-state index contributed by atoms with van der Waals surface area (Å²) < 4.78 is 18.4. The lowest BCUT2D eigenvalue weighted by molar-refractivity contribution is 0.0668. The number of allylic oxidation sites excluding steroid dienone is 1. The van der Waals surface area contributed by atoms with Gasteiger partial charge in [0.1, 0.15) is 18.1 Å². The molecule has 1 saturated heterocycles. The molecule has 4 rings (SSSR count). The molecule has 2 aromatic rings. The van der Waals surface area contributed by atoms with Crippen LogP contribution in [-0.2, 0) is 0 Å². The summed E-state index contributed by atoms with van der Waals surface area (Å²) in [6.07, 6.45) is 5.91. The van der Waals surface area contributed by atoms with Crippen molar-refractivity contribution < 1.29 is 14.2 Å². The van der Waals surface area contributed by atoms with Gasteiger partial charge in [0.25, 0.3) is 0 Å². The van der Waals surface area contributed by atoms with Gasteiger partial charge in [0, 0.05) is 31.1 Å². The molecule has 1 aliphatic carbocycles. The molecule has 0 amide bonds. The number of alkyl halides is 1. The summed E-state index contributed by atoms with van der Waals surface area (Å²) in [6.45, 7) is 2.93. The molecule has 29 heavy (non-hydrogen) atoms. The maximum atomic E-state index is 12.5. The number of phenols is 1. The topological polar surface area (TPSA) is 32.7 Å². The zero-order chi connectivity index (χ0) is 20.1. The third kappa shape index (κ3) is 4.81. The molecule has 3 nitrogen and oxygen atoms in total. The number of ether oxygens (including phenoxy) is 1. The highest BCUT2D eigenvalue weighted by Gasteiger charge is 2.25. The highest BCUT2D eigenvalue weighted by atomic mass is 19.1. The Morgan fingerprint density at radius 3 is 2.41 bits per heavy atom. The van der Waals surface area contributed by atoms with Crippen molar-refractivity contribution in [3.8, 4) is 11.5 Å². The average Bonchev–Trinajstić information content (AvgIpc) is 2.73. The predicted octanol–water partition coefficient (Wildman–Crippen LogP) is 5.44. The lowest BCUT2D eigenvalue weighted by Gasteiger charge is -2.37. The van der Waals surface area contributed by atoms with Crippen molar-refractivity contribution in [1.29, 1.82) is 0 Å². The highest BCUT2D eigenvalue weighted by molar-refractivity contribution is 5.85. The van der Waals surface area contributed by atoms with Crippen molar-refractivity contribution in [2.75, 3.05) is 32.9 Å². The van der Waals surface area contributed by atoms with Crippen molar-refractivity contribution in [1.82, 2.24) is 4.90 Å². The van der Waals surface area contributed by atoms with Crippen LogP contribution in [0.25, 0.3) is 5.57 Å². The Morgan fingerprint density at radius 1 is 1.00 bits per heavy atom. The minimum atomic E-state index is -0.215. The lowest BCUT2D eigenvalue weighted by Crippen LogP contribution is -2.49. The van der Waals surface area contributed by atoms with Crippen LogP contribution >= 0.6 is 0 Å². The van der Waals surface area contributed by atoms with Gasteiger partial charge in [-0.3, -0.25) is 9.29 Å². The number of hydrogen-bond donors (Lipinski definition) is 1. The number of hydrogen-bond acceptors (Lipinski definition) is 3. The zero-order valence-electron chi connectivity index (χ0n) is 16.9. The minimum Gasteiger partial charge on any atom is -0.507 e. The fourth-order valence-electron chi connectivity index (χ4n) is 4.43. The summed E-state index contributed by atoms with van der Waals surface area (Å²) in [5.74, 6) is 1.40. The van der Waals surface area contributed by atoms with Crippen molar-refractivity contribution in [2.24, 2.45) is 5.92 Å². The smallest absolute Gasteiger partial charge is 0.123 e. The van der Waals surface area contributed by atoms with E-state index in [9.17, 15) is 9.50 Å². The molecule has 4 heteroatoms. The van der Waals surface area contributed by atoms with E-state index < -0.39 is 0 Å². The van der Waals surface area contributed by atoms with E-state index in [0.717, 1.165) is 49.4 Å². The highest BCUT2D eigenvalue weighted by Crippen LogP contribution is 2.38. The van der Waals surface area contributed by atoms with Crippen LogP contribution in [-0.4, -0.2) is 42.9 Å². The van der Waals surface area contributed by atoms with E-state index in [1.165, 1.54) is 30.4 Å². The number of para-hydroxylation sites is 1. The second kappa shape index (κ2) is 9.45. The number of benzene rings is 2. The van der Waals surface area contributed by atoms with Crippen LogP contribution in [0, 0.1) is 5.92 Å². The fourth-order valence-corrected chi connectivity index (χ4v) is 4.43. The van der Waals surface area contributed by atoms with E-state index in [4.69, 9.17) is 4.74 Å². The molecule has 154 valence electrons. The first kappa shape index (κ1) is 20.0. The second-order valence-electron chi connectivity index (χ2n) is 8.21. The van der Waals surface area contributed by atoms with Gasteiger partial charge >= 0.3 is 0 Å². The Labute approximate surface area is 172 Å². The molecule has 0 radical (unpaired) electrons. The molecule has 2 aliphatic rings. The average molecular weight is 396 g/mol. The number of nitrogens with zero attached hydrogens (tertiary/aromatic N) is 1. The Hall–Kier alpha value is -2.33. The molecule has 1 aliphatic heterocycles. The van der Waals surface area contributed by atoms with Crippen LogP contribution < -0.4 is 4.74 Å². The normalized spacial score (nSPS) is 17.8. The predicted molar refractivity (Wildman–Crippen MR) is 115 cm³/mol. The van der Waals surface area contributed by atoms with Gasteiger partial charge in [0.05, 0.1) is 6.67 Å². The molecule has 0 spiro atoms. The van der Waals surface area contributed by atoms with Gasteiger partial charge in [-0.2, -0.15) is 0 Å². The second-order valence-corrected chi connectivity index (χ2v) is 8.21. The maximum absolute atomic E-state index is 12.5. The van der Waals surface area contributed by atoms with Crippen molar-refractivity contribution >= 4 is 5.57 Å². The molecule has 0 bridgehead atoms.